The van der Waals surface area contributed by atoms with Crippen LogP contribution in [-0.2, 0) is 0 Å². The summed E-state index contributed by atoms with van der Waals surface area (Å²) in [6, 6.07) is 8.15. The summed E-state index contributed by atoms with van der Waals surface area (Å²) in [4.78, 5) is 2.36. The Morgan fingerprint density at radius 2 is 1.90 bits per heavy atom. The summed E-state index contributed by atoms with van der Waals surface area (Å²) < 4.78 is 14.1. The van der Waals surface area contributed by atoms with E-state index in [2.05, 4.69) is 38.0 Å². The topological polar surface area (TPSA) is 15.3 Å². The van der Waals surface area contributed by atoms with E-state index in [1.54, 1.807) is 12.1 Å². The van der Waals surface area contributed by atoms with Crippen LogP contribution in [-0.4, -0.2) is 31.1 Å². The molecule has 1 fully saturated rings. The highest BCUT2D eigenvalue weighted by Crippen LogP contribution is 2.35. The first-order valence-electron chi connectivity index (χ1n) is 8.09. The van der Waals surface area contributed by atoms with Crippen LogP contribution in [0.4, 0.5) is 4.39 Å². The van der Waals surface area contributed by atoms with Crippen LogP contribution < -0.4 is 5.32 Å². The first-order chi connectivity index (χ1) is 9.95. The van der Waals surface area contributed by atoms with Gasteiger partial charge in [0.25, 0.3) is 0 Å². The monoisotopic (exact) mass is 292 g/mol. The molecule has 0 bridgehead atoms. The van der Waals surface area contributed by atoms with Crippen LogP contribution in [0.1, 0.15) is 45.2 Å². The Hall–Kier alpha value is -0.930. The molecule has 1 aromatic carbocycles. The molecular weight excluding hydrogens is 263 g/mol. The summed E-state index contributed by atoms with van der Waals surface area (Å²) in [6.45, 7) is 6.77. The van der Waals surface area contributed by atoms with Gasteiger partial charge in [0.1, 0.15) is 5.82 Å². The summed E-state index contributed by atoms with van der Waals surface area (Å²) in [5.41, 5.74) is 0.792. The van der Waals surface area contributed by atoms with Crippen LogP contribution in [0.2, 0.25) is 0 Å². The molecule has 0 aliphatic heterocycles. The highest BCUT2D eigenvalue weighted by molar-refractivity contribution is 5.21. The predicted molar refractivity (Wildman–Crippen MR) is 86.8 cm³/mol. The standard InChI is InChI=1S/C18H29FN2/c1-12-10-13(2)18(17(11-12)20-4)21(5)14(3)15-8-6-7-9-16(15)19/h6-9,12-14,17-18,20H,10-11H2,1-5H3. The highest BCUT2D eigenvalue weighted by Gasteiger charge is 2.37. The zero-order valence-corrected chi connectivity index (χ0v) is 13.9. The fourth-order valence-corrected chi connectivity index (χ4v) is 4.11. The van der Waals surface area contributed by atoms with Crippen LogP contribution in [0.25, 0.3) is 0 Å². The summed E-state index contributed by atoms with van der Waals surface area (Å²) in [5, 5.41) is 3.48. The zero-order chi connectivity index (χ0) is 15.6. The van der Waals surface area contributed by atoms with Crippen molar-refractivity contribution in [2.45, 2.75) is 51.7 Å². The smallest absolute Gasteiger partial charge is 0.127 e. The highest BCUT2D eigenvalue weighted by atomic mass is 19.1. The number of hydrogen-bond acceptors (Lipinski definition) is 2. The van der Waals surface area contributed by atoms with Crippen molar-refractivity contribution in [2.24, 2.45) is 11.8 Å². The third kappa shape index (κ3) is 3.46. The lowest BCUT2D eigenvalue weighted by Crippen LogP contribution is -2.55. The molecule has 1 aliphatic rings. The maximum atomic E-state index is 14.1. The van der Waals surface area contributed by atoms with Gasteiger partial charge < -0.3 is 5.32 Å². The average Bonchev–Trinajstić information content (AvgIpc) is 2.45. The van der Waals surface area contributed by atoms with Gasteiger partial charge in [0, 0.05) is 23.7 Å². The fourth-order valence-electron chi connectivity index (χ4n) is 4.11. The van der Waals surface area contributed by atoms with Crippen molar-refractivity contribution >= 4 is 0 Å². The van der Waals surface area contributed by atoms with E-state index < -0.39 is 0 Å². The molecule has 5 unspecified atom stereocenters. The van der Waals surface area contributed by atoms with E-state index in [0.29, 0.717) is 18.0 Å². The zero-order valence-electron chi connectivity index (χ0n) is 13.9. The molecule has 0 spiro atoms. The Morgan fingerprint density at radius 3 is 2.52 bits per heavy atom. The van der Waals surface area contributed by atoms with Gasteiger partial charge in [-0.25, -0.2) is 4.39 Å². The maximum absolute atomic E-state index is 14.1. The molecule has 1 N–H and O–H groups in total. The summed E-state index contributed by atoms with van der Waals surface area (Å²) in [5.74, 6) is 1.27. The molecule has 1 aliphatic carbocycles. The van der Waals surface area contributed by atoms with Crippen molar-refractivity contribution in [3.63, 3.8) is 0 Å². The third-order valence-corrected chi connectivity index (χ3v) is 5.23. The molecule has 0 saturated heterocycles. The second kappa shape index (κ2) is 6.89. The first kappa shape index (κ1) is 16.4. The maximum Gasteiger partial charge on any atom is 0.127 e. The van der Waals surface area contributed by atoms with E-state index >= 15 is 0 Å². The van der Waals surface area contributed by atoms with Gasteiger partial charge in [-0.3, -0.25) is 4.90 Å². The second-order valence-corrected chi connectivity index (χ2v) is 6.80. The van der Waals surface area contributed by atoms with Gasteiger partial charge in [0.15, 0.2) is 0 Å². The lowest BCUT2D eigenvalue weighted by atomic mass is 9.75. The minimum absolute atomic E-state index is 0.0860. The number of benzene rings is 1. The first-order valence-corrected chi connectivity index (χ1v) is 8.09. The van der Waals surface area contributed by atoms with Crippen LogP contribution in [0.15, 0.2) is 24.3 Å². The second-order valence-electron chi connectivity index (χ2n) is 6.80. The number of hydrogen-bond donors (Lipinski definition) is 1. The largest absolute Gasteiger partial charge is 0.315 e. The fraction of sp³-hybridized carbons (Fsp3) is 0.667. The van der Waals surface area contributed by atoms with Crippen molar-refractivity contribution in [3.8, 4) is 0 Å². The number of likely N-dealkylation sites (N-methyl/N-ethyl adjacent to an activating group) is 2. The van der Waals surface area contributed by atoms with Crippen LogP contribution in [0.5, 0.6) is 0 Å². The van der Waals surface area contributed by atoms with E-state index in [0.717, 1.165) is 11.5 Å². The molecule has 3 heteroatoms. The Morgan fingerprint density at radius 1 is 1.24 bits per heavy atom. The Bertz CT molecular complexity index is 462. The average molecular weight is 292 g/mol. The van der Waals surface area contributed by atoms with Gasteiger partial charge in [-0.1, -0.05) is 32.0 Å². The molecule has 1 saturated carbocycles. The van der Waals surface area contributed by atoms with Crippen LogP contribution in [0.3, 0.4) is 0 Å². The number of rotatable bonds is 4. The van der Waals surface area contributed by atoms with Crippen molar-refractivity contribution in [3.05, 3.63) is 35.6 Å². The summed E-state index contributed by atoms with van der Waals surface area (Å²) >= 11 is 0. The number of nitrogens with one attached hydrogen (secondary N) is 1. The van der Waals surface area contributed by atoms with Gasteiger partial charge in [-0.15, -0.1) is 0 Å². The Kier molecular flexibility index (Phi) is 5.39. The van der Waals surface area contributed by atoms with Gasteiger partial charge in [0.05, 0.1) is 0 Å². The molecule has 0 amide bonds. The van der Waals surface area contributed by atoms with Gasteiger partial charge >= 0.3 is 0 Å². The van der Waals surface area contributed by atoms with Crippen molar-refractivity contribution < 1.29 is 4.39 Å². The van der Waals surface area contributed by atoms with Crippen LogP contribution in [0, 0.1) is 17.7 Å². The predicted octanol–water partition coefficient (Wildman–Crippen LogP) is 3.84. The van der Waals surface area contributed by atoms with E-state index in [-0.39, 0.29) is 11.9 Å². The van der Waals surface area contributed by atoms with Crippen molar-refractivity contribution in [2.75, 3.05) is 14.1 Å². The van der Waals surface area contributed by atoms with E-state index in [1.807, 2.05) is 19.2 Å². The molecule has 0 aromatic heterocycles. The molecule has 2 nitrogen and oxygen atoms in total. The molecule has 118 valence electrons. The molecule has 0 radical (unpaired) electrons. The van der Waals surface area contributed by atoms with Crippen LogP contribution >= 0.6 is 0 Å². The molecule has 0 heterocycles. The SMILES string of the molecule is CNC1CC(C)CC(C)C1N(C)C(C)c1ccccc1F. The number of halogens is 1. The third-order valence-electron chi connectivity index (χ3n) is 5.23. The molecule has 1 aromatic rings. The molecular formula is C18H29FN2. The van der Waals surface area contributed by atoms with E-state index in [9.17, 15) is 4.39 Å². The quantitative estimate of drug-likeness (QED) is 0.907. The Balaban J connectivity index is 2.21. The minimum atomic E-state index is -0.102. The summed E-state index contributed by atoms with van der Waals surface area (Å²) in [6.07, 6.45) is 2.44. The normalized spacial score (nSPS) is 31.4. The molecule has 21 heavy (non-hydrogen) atoms. The molecule has 2 rings (SSSR count). The van der Waals surface area contributed by atoms with Gasteiger partial charge in [-0.2, -0.15) is 0 Å². The lowest BCUT2D eigenvalue weighted by Gasteiger charge is -2.46. The number of nitrogens with zero attached hydrogens (tertiary/aromatic N) is 1. The minimum Gasteiger partial charge on any atom is -0.315 e. The molecule has 5 atom stereocenters. The van der Waals surface area contributed by atoms with E-state index in [1.165, 1.54) is 12.8 Å². The van der Waals surface area contributed by atoms with E-state index in [4.69, 9.17) is 0 Å². The van der Waals surface area contributed by atoms with Crippen molar-refractivity contribution in [1.29, 1.82) is 0 Å². The Labute approximate surface area is 128 Å². The van der Waals surface area contributed by atoms with Gasteiger partial charge in [0.2, 0.25) is 0 Å². The lowest BCUT2D eigenvalue weighted by molar-refractivity contribution is 0.0567. The summed E-state index contributed by atoms with van der Waals surface area (Å²) in [7, 11) is 4.18. The van der Waals surface area contributed by atoms with Crippen molar-refractivity contribution in [1.82, 2.24) is 10.2 Å². The van der Waals surface area contributed by atoms with Gasteiger partial charge in [-0.05, 0) is 51.8 Å².